The number of anilines is 1. The second-order valence-corrected chi connectivity index (χ2v) is 4.01. The van der Waals surface area contributed by atoms with E-state index in [-0.39, 0.29) is 26.5 Å². The zero-order valence-corrected chi connectivity index (χ0v) is 12.9. The van der Waals surface area contributed by atoms with E-state index in [1.807, 2.05) is 30.3 Å². The maximum Gasteiger partial charge on any atom is 0.0825 e. The van der Waals surface area contributed by atoms with Gasteiger partial charge in [0.2, 0.25) is 0 Å². The molecule has 3 nitrogen and oxygen atoms in total. The summed E-state index contributed by atoms with van der Waals surface area (Å²) in [5.74, 6) is 0.442. The van der Waals surface area contributed by atoms with Crippen molar-refractivity contribution in [3.8, 4) is 11.3 Å². The molecule has 3 aromatic rings. The van der Waals surface area contributed by atoms with E-state index in [0.29, 0.717) is 22.4 Å². The van der Waals surface area contributed by atoms with Crippen LogP contribution in [0, 0.1) is 6.07 Å². The minimum atomic E-state index is -0.206. The zero-order chi connectivity index (χ0) is 12.5. The predicted molar refractivity (Wildman–Crippen MR) is 71.2 cm³/mol. The van der Waals surface area contributed by atoms with E-state index in [1.54, 1.807) is 18.2 Å². The molecule has 3 rings (SSSR count). The van der Waals surface area contributed by atoms with Crippen LogP contribution in [0.4, 0.5) is 5.69 Å². The van der Waals surface area contributed by atoms with Gasteiger partial charge in [0.05, 0.1) is 11.0 Å². The van der Waals surface area contributed by atoms with Crippen LogP contribution < -0.4 is 11.2 Å². The molecule has 0 aliphatic heterocycles. The van der Waals surface area contributed by atoms with Gasteiger partial charge in [-0.2, -0.15) is 0 Å². The van der Waals surface area contributed by atoms with Crippen molar-refractivity contribution >= 4 is 16.7 Å². The average molecular weight is 420 g/mol. The Labute approximate surface area is 124 Å². The van der Waals surface area contributed by atoms with Crippen molar-refractivity contribution in [2.24, 2.45) is 0 Å². The first-order valence-corrected chi connectivity index (χ1v) is 5.55. The van der Waals surface area contributed by atoms with E-state index in [0.717, 1.165) is 5.56 Å². The summed E-state index contributed by atoms with van der Waals surface area (Å²) >= 11 is 0. The van der Waals surface area contributed by atoms with Crippen molar-refractivity contribution < 1.29 is 25.5 Å². The average Bonchev–Trinajstić information content (AvgIpc) is 2.40. The van der Waals surface area contributed by atoms with Crippen LogP contribution in [0.5, 0.6) is 0 Å². The third kappa shape index (κ3) is 2.61. The predicted octanol–water partition coefficient (Wildman–Crippen LogP) is 2.84. The Kier molecular flexibility index (Phi) is 3.87. The fourth-order valence-corrected chi connectivity index (χ4v) is 1.84. The SMILES string of the molecule is Nc1ccc2oc(-c3ccccc3)[c-]c(=O)c2c1.[W]. The van der Waals surface area contributed by atoms with Gasteiger partial charge in [-0.15, -0.1) is 12.1 Å². The molecule has 0 amide bonds. The van der Waals surface area contributed by atoms with Gasteiger partial charge in [-0.05, 0) is 17.5 Å². The number of nitrogens with two attached hydrogens (primary N) is 1. The van der Waals surface area contributed by atoms with E-state index < -0.39 is 0 Å². The first-order chi connectivity index (χ1) is 8.74. The van der Waals surface area contributed by atoms with Crippen LogP contribution in [0.2, 0.25) is 0 Å². The molecule has 0 bridgehead atoms. The van der Waals surface area contributed by atoms with Crippen molar-refractivity contribution in [3.63, 3.8) is 0 Å². The van der Waals surface area contributed by atoms with Crippen molar-refractivity contribution in [1.29, 1.82) is 0 Å². The standard InChI is InChI=1S/C15H10NO2.W/c16-11-6-7-14-12(8-11)13(17)9-15(18-14)10-4-2-1-3-5-10;/h1-8H,16H2;/q-1;. The summed E-state index contributed by atoms with van der Waals surface area (Å²) in [5.41, 5.74) is 7.33. The summed E-state index contributed by atoms with van der Waals surface area (Å²) in [7, 11) is 0. The Hall–Kier alpha value is -1.86. The molecule has 0 fully saturated rings. The molecule has 0 unspecified atom stereocenters. The Bertz CT molecular complexity index is 766. The van der Waals surface area contributed by atoms with Gasteiger partial charge in [0, 0.05) is 32.5 Å². The molecule has 2 aromatic carbocycles. The van der Waals surface area contributed by atoms with Gasteiger partial charge >= 0.3 is 0 Å². The normalized spacial score (nSPS) is 10.1. The van der Waals surface area contributed by atoms with Gasteiger partial charge in [0.1, 0.15) is 0 Å². The quantitative estimate of drug-likeness (QED) is 0.487. The Morgan fingerprint density at radius 3 is 2.53 bits per heavy atom. The third-order valence-corrected chi connectivity index (χ3v) is 2.72. The molecule has 0 saturated heterocycles. The number of nitrogen functional groups attached to an aromatic ring is 1. The molecule has 1 aromatic heterocycles. The third-order valence-electron chi connectivity index (χ3n) is 2.72. The second-order valence-electron chi connectivity index (χ2n) is 4.01. The van der Waals surface area contributed by atoms with E-state index >= 15 is 0 Å². The fraction of sp³-hybridized carbons (Fsp3) is 0. The molecule has 0 radical (unpaired) electrons. The summed E-state index contributed by atoms with van der Waals surface area (Å²) in [6.07, 6.45) is 0. The zero-order valence-electron chi connectivity index (χ0n) is 9.92. The molecular formula is C15H10NO2W-. The van der Waals surface area contributed by atoms with Gasteiger partial charge in [0.25, 0.3) is 0 Å². The number of hydrogen-bond donors (Lipinski definition) is 1. The van der Waals surface area contributed by atoms with Gasteiger partial charge < -0.3 is 14.9 Å². The smallest absolute Gasteiger partial charge is 0.0825 e. The molecule has 1 heterocycles. The molecule has 0 atom stereocenters. The van der Waals surface area contributed by atoms with Crippen molar-refractivity contribution in [1.82, 2.24) is 0 Å². The number of rotatable bonds is 1. The maximum absolute atomic E-state index is 12.0. The number of fused-ring (bicyclic) bond motifs is 1. The molecule has 0 aliphatic carbocycles. The monoisotopic (exact) mass is 420 g/mol. The molecule has 0 aliphatic rings. The van der Waals surface area contributed by atoms with E-state index in [4.69, 9.17) is 10.2 Å². The molecule has 94 valence electrons. The molecular weight excluding hydrogens is 410 g/mol. The molecule has 0 spiro atoms. The van der Waals surface area contributed by atoms with Crippen molar-refractivity contribution in [2.75, 3.05) is 5.73 Å². The summed E-state index contributed by atoms with van der Waals surface area (Å²) in [4.78, 5) is 12.0. The summed E-state index contributed by atoms with van der Waals surface area (Å²) in [6.45, 7) is 0. The first kappa shape index (κ1) is 13.6. The van der Waals surface area contributed by atoms with Crippen LogP contribution in [0.25, 0.3) is 22.3 Å². The van der Waals surface area contributed by atoms with Crippen LogP contribution in [0.1, 0.15) is 0 Å². The Morgan fingerprint density at radius 2 is 1.79 bits per heavy atom. The van der Waals surface area contributed by atoms with Gasteiger partial charge in [-0.3, -0.25) is 0 Å². The van der Waals surface area contributed by atoms with E-state index in [2.05, 4.69) is 6.07 Å². The minimum absolute atomic E-state index is 0. The largest absolute Gasteiger partial charge is 0.495 e. The maximum atomic E-state index is 12.0. The topological polar surface area (TPSA) is 56.2 Å². The van der Waals surface area contributed by atoms with Crippen LogP contribution in [0.3, 0.4) is 0 Å². The first-order valence-electron chi connectivity index (χ1n) is 5.55. The molecule has 0 saturated carbocycles. The van der Waals surface area contributed by atoms with Gasteiger partial charge in [-0.1, -0.05) is 35.9 Å². The summed E-state index contributed by atoms with van der Waals surface area (Å²) in [6, 6.07) is 17.2. The summed E-state index contributed by atoms with van der Waals surface area (Å²) in [5, 5.41) is 0.453. The van der Waals surface area contributed by atoms with Crippen molar-refractivity contribution in [3.05, 3.63) is 64.8 Å². The van der Waals surface area contributed by atoms with Crippen LogP contribution >= 0.6 is 0 Å². The van der Waals surface area contributed by atoms with Crippen molar-refractivity contribution in [2.45, 2.75) is 0 Å². The van der Waals surface area contributed by atoms with Crippen LogP contribution in [-0.2, 0) is 21.1 Å². The summed E-state index contributed by atoms with van der Waals surface area (Å²) < 4.78 is 5.67. The molecule has 2 N–H and O–H groups in total. The minimum Gasteiger partial charge on any atom is -0.495 e. The Morgan fingerprint density at radius 1 is 1.05 bits per heavy atom. The second kappa shape index (κ2) is 5.41. The number of hydrogen-bond acceptors (Lipinski definition) is 3. The van der Waals surface area contributed by atoms with Gasteiger partial charge in [-0.25, -0.2) is 0 Å². The van der Waals surface area contributed by atoms with E-state index in [9.17, 15) is 4.79 Å². The van der Waals surface area contributed by atoms with E-state index in [1.165, 1.54) is 0 Å². The van der Waals surface area contributed by atoms with Gasteiger partial charge in [0.15, 0.2) is 0 Å². The van der Waals surface area contributed by atoms with Crippen LogP contribution in [0.15, 0.2) is 57.7 Å². The molecule has 19 heavy (non-hydrogen) atoms. The fourth-order valence-electron chi connectivity index (χ4n) is 1.84. The molecule has 4 heteroatoms. The van der Waals surface area contributed by atoms with Crippen LogP contribution in [-0.4, -0.2) is 0 Å². The Balaban J connectivity index is 0.00000133. The number of benzene rings is 2.